The summed E-state index contributed by atoms with van der Waals surface area (Å²) in [6.45, 7) is 0.368. The van der Waals surface area contributed by atoms with Crippen LogP contribution in [-0.4, -0.2) is 46.9 Å². The van der Waals surface area contributed by atoms with Crippen molar-refractivity contribution < 1.29 is 27.9 Å². The second-order valence-electron chi connectivity index (χ2n) is 10.3. The maximum atomic E-state index is 14.2. The van der Waals surface area contributed by atoms with E-state index in [1.165, 1.54) is 16.1 Å². The van der Waals surface area contributed by atoms with Gasteiger partial charge < -0.3 is 14.7 Å². The summed E-state index contributed by atoms with van der Waals surface area (Å²) in [7, 11) is -4.10. The van der Waals surface area contributed by atoms with Crippen molar-refractivity contribution >= 4 is 44.4 Å². The highest BCUT2D eigenvalue weighted by atomic mass is 35.5. The first-order valence-corrected chi connectivity index (χ1v) is 14.9. The lowest BCUT2D eigenvalue weighted by atomic mass is 9.94. The van der Waals surface area contributed by atoms with Gasteiger partial charge in [-0.2, -0.15) is 0 Å². The molecule has 1 aliphatic carbocycles. The van der Waals surface area contributed by atoms with Crippen LogP contribution >= 0.6 is 11.6 Å². The van der Waals surface area contributed by atoms with Gasteiger partial charge in [0.15, 0.2) is 0 Å². The zero-order valence-electron chi connectivity index (χ0n) is 21.4. The van der Waals surface area contributed by atoms with Crippen molar-refractivity contribution in [1.29, 1.82) is 0 Å². The third kappa shape index (κ3) is 4.89. The quantitative estimate of drug-likeness (QED) is 0.299. The Morgan fingerprint density at radius 1 is 0.975 bits per heavy atom. The third-order valence-electron chi connectivity index (χ3n) is 7.46. The van der Waals surface area contributed by atoms with Crippen LogP contribution in [0.1, 0.15) is 42.7 Å². The van der Waals surface area contributed by atoms with E-state index in [2.05, 4.69) is 0 Å². The molecule has 0 radical (unpaired) electrons. The Hall–Kier alpha value is -3.66. The van der Waals surface area contributed by atoms with Crippen molar-refractivity contribution in [3.63, 3.8) is 0 Å². The fourth-order valence-electron chi connectivity index (χ4n) is 5.45. The van der Waals surface area contributed by atoms with Gasteiger partial charge in [0.25, 0.3) is 15.9 Å². The second-order valence-corrected chi connectivity index (χ2v) is 12.5. The fraction of sp³-hybridized carbons (Fsp3) is 0.267. The topological polar surface area (TPSA) is 106 Å². The number of amides is 1. The molecule has 2 heterocycles. The van der Waals surface area contributed by atoms with Gasteiger partial charge in [-0.15, -0.1) is 0 Å². The maximum absolute atomic E-state index is 14.2. The van der Waals surface area contributed by atoms with Crippen molar-refractivity contribution in [1.82, 2.24) is 8.87 Å². The number of para-hydroxylation sites is 1. The van der Waals surface area contributed by atoms with Crippen LogP contribution in [0.15, 0.2) is 89.8 Å². The minimum atomic E-state index is -4.10. The van der Waals surface area contributed by atoms with Crippen LogP contribution in [0.5, 0.6) is 0 Å². The number of aliphatic carboxylic acids is 1. The molecule has 1 N–H and O–H groups in total. The molecule has 206 valence electrons. The molecule has 0 bridgehead atoms. The Bertz CT molecular complexity index is 1700. The standard InChI is InChI=1S/C30H27ClN2O6S/c31-22-9-6-8-21(15-22)29-28(32(18-19-13-14-19)30(36)26(39-29)17-27(34)35)25-16-20-7-4-5-12-24(20)33(25)40(37,38)23-10-2-1-3-11-23/h1-12,15-16,19,26,28-29H,13-14,17-18H2,(H,34,35)/t26-,28+,29+/m0/s1. The first-order valence-electron chi connectivity index (χ1n) is 13.1. The molecule has 8 nitrogen and oxygen atoms in total. The molecule has 1 amide bonds. The number of fused-ring (bicyclic) bond motifs is 1. The molecule has 6 rings (SSSR count). The van der Waals surface area contributed by atoms with Crippen molar-refractivity contribution in [3.8, 4) is 0 Å². The summed E-state index contributed by atoms with van der Waals surface area (Å²) >= 11 is 6.35. The van der Waals surface area contributed by atoms with E-state index >= 15 is 0 Å². The van der Waals surface area contributed by atoms with Gasteiger partial charge >= 0.3 is 5.97 Å². The summed E-state index contributed by atoms with van der Waals surface area (Å²) in [6.07, 6.45) is -0.717. The van der Waals surface area contributed by atoms with Crippen LogP contribution in [0.2, 0.25) is 5.02 Å². The van der Waals surface area contributed by atoms with Crippen LogP contribution in [0.4, 0.5) is 0 Å². The molecule has 3 atom stereocenters. The number of morpholine rings is 1. The van der Waals surface area contributed by atoms with Gasteiger partial charge in [-0.05, 0) is 60.7 Å². The number of benzene rings is 3. The summed E-state index contributed by atoms with van der Waals surface area (Å²) in [6, 6.07) is 23.2. The molecular formula is C30H27ClN2O6S. The molecule has 40 heavy (non-hydrogen) atoms. The molecule has 0 unspecified atom stereocenters. The molecule has 3 aromatic carbocycles. The lowest BCUT2D eigenvalue weighted by Crippen LogP contribution is -2.52. The van der Waals surface area contributed by atoms with Gasteiger partial charge in [0.2, 0.25) is 0 Å². The summed E-state index contributed by atoms with van der Waals surface area (Å²) in [5.41, 5.74) is 1.45. The number of ether oxygens (including phenoxy) is 1. The van der Waals surface area contributed by atoms with Crippen molar-refractivity contribution in [2.24, 2.45) is 5.92 Å². The van der Waals surface area contributed by atoms with E-state index in [9.17, 15) is 23.1 Å². The highest BCUT2D eigenvalue weighted by Crippen LogP contribution is 2.47. The Morgan fingerprint density at radius 2 is 1.70 bits per heavy atom. The molecule has 4 aromatic rings. The summed E-state index contributed by atoms with van der Waals surface area (Å²) < 4.78 is 36.0. The van der Waals surface area contributed by atoms with Crippen LogP contribution in [0, 0.1) is 5.92 Å². The van der Waals surface area contributed by atoms with Gasteiger partial charge in [0.05, 0.1) is 22.5 Å². The molecular weight excluding hydrogens is 552 g/mol. The Balaban J connectivity index is 1.60. The monoisotopic (exact) mass is 578 g/mol. The van der Waals surface area contributed by atoms with E-state index in [1.807, 2.05) is 12.1 Å². The third-order valence-corrected chi connectivity index (χ3v) is 9.45. The van der Waals surface area contributed by atoms with Gasteiger partial charge in [0, 0.05) is 17.0 Å². The average molecular weight is 579 g/mol. The lowest BCUT2D eigenvalue weighted by Gasteiger charge is -2.44. The molecule has 1 aliphatic heterocycles. The van der Waals surface area contributed by atoms with Crippen molar-refractivity contribution in [2.75, 3.05) is 6.54 Å². The van der Waals surface area contributed by atoms with Crippen LogP contribution in [0.3, 0.4) is 0 Å². The van der Waals surface area contributed by atoms with Gasteiger partial charge in [-0.1, -0.05) is 60.1 Å². The average Bonchev–Trinajstić information content (AvgIpc) is 3.67. The smallest absolute Gasteiger partial charge is 0.306 e. The largest absolute Gasteiger partial charge is 0.481 e. The Kier molecular flexibility index (Phi) is 6.90. The van der Waals surface area contributed by atoms with Crippen molar-refractivity contribution in [3.05, 3.63) is 101 Å². The van der Waals surface area contributed by atoms with Crippen LogP contribution < -0.4 is 0 Å². The molecule has 10 heteroatoms. The van der Waals surface area contributed by atoms with Crippen LogP contribution in [0.25, 0.3) is 10.9 Å². The number of aromatic nitrogens is 1. The minimum absolute atomic E-state index is 0.109. The maximum Gasteiger partial charge on any atom is 0.306 e. The van der Waals surface area contributed by atoms with E-state index < -0.39 is 46.6 Å². The Morgan fingerprint density at radius 3 is 2.40 bits per heavy atom. The molecule has 1 saturated heterocycles. The Labute approximate surface area is 236 Å². The number of carbonyl (C=O) groups excluding carboxylic acids is 1. The highest BCUT2D eigenvalue weighted by molar-refractivity contribution is 7.90. The number of halogens is 1. The van der Waals surface area contributed by atoms with E-state index in [4.69, 9.17) is 16.3 Å². The number of carboxylic acids is 1. The predicted molar refractivity (Wildman–Crippen MR) is 149 cm³/mol. The zero-order chi connectivity index (χ0) is 28.0. The predicted octanol–water partition coefficient (Wildman–Crippen LogP) is 5.43. The second kappa shape index (κ2) is 10.4. The first-order chi connectivity index (χ1) is 19.2. The molecule has 2 fully saturated rings. The van der Waals surface area contributed by atoms with Crippen LogP contribution in [-0.2, 0) is 24.3 Å². The summed E-state index contributed by atoms with van der Waals surface area (Å²) in [4.78, 5) is 27.3. The van der Waals surface area contributed by atoms with Gasteiger partial charge in [-0.3, -0.25) is 9.59 Å². The number of rotatable bonds is 8. The van der Waals surface area contributed by atoms with E-state index in [0.717, 1.165) is 12.8 Å². The van der Waals surface area contributed by atoms with Crippen molar-refractivity contribution in [2.45, 2.75) is 42.4 Å². The molecule has 0 spiro atoms. The number of hydrogen-bond acceptors (Lipinski definition) is 5. The normalized spacial score (nSPS) is 21.6. The number of nitrogens with zero attached hydrogens (tertiary/aromatic N) is 2. The van der Waals surface area contributed by atoms with Gasteiger partial charge in [-0.25, -0.2) is 12.4 Å². The molecule has 2 aliphatic rings. The minimum Gasteiger partial charge on any atom is -0.481 e. The van der Waals surface area contributed by atoms with E-state index in [1.54, 1.807) is 65.6 Å². The zero-order valence-corrected chi connectivity index (χ0v) is 23.0. The first kappa shape index (κ1) is 26.6. The number of hydrogen-bond donors (Lipinski definition) is 1. The molecule has 1 aromatic heterocycles. The summed E-state index contributed by atoms with van der Waals surface area (Å²) in [5.74, 6) is -1.38. The van der Waals surface area contributed by atoms with E-state index in [-0.39, 0.29) is 10.8 Å². The van der Waals surface area contributed by atoms with E-state index in [0.29, 0.717) is 33.7 Å². The summed E-state index contributed by atoms with van der Waals surface area (Å²) in [5, 5.41) is 10.7. The lowest BCUT2D eigenvalue weighted by molar-refractivity contribution is -0.179. The molecule has 1 saturated carbocycles. The SMILES string of the molecule is O=C(O)C[C@@H]1O[C@H](c2cccc(Cl)c2)[C@@H](c2cc3ccccc3n2S(=O)(=O)c2ccccc2)N(CC2CC2)C1=O. The number of carbonyl (C=O) groups is 2. The van der Waals surface area contributed by atoms with Gasteiger partial charge in [0.1, 0.15) is 18.2 Å². The number of carboxylic acid groups (broad SMARTS) is 1. The fourth-order valence-corrected chi connectivity index (χ4v) is 7.23. The highest BCUT2D eigenvalue weighted by Gasteiger charge is 2.48.